The number of rotatable bonds is 6. The van der Waals surface area contributed by atoms with Gasteiger partial charge in [-0.3, -0.25) is 4.79 Å². The minimum Gasteiger partial charge on any atom is -0.445 e. The molecule has 0 aliphatic rings. The van der Waals surface area contributed by atoms with Crippen molar-refractivity contribution in [3.05, 3.63) is 99.7 Å². The molecule has 0 saturated heterocycles. The highest BCUT2D eigenvalue weighted by molar-refractivity contribution is 6.38. The van der Waals surface area contributed by atoms with Gasteiger partial charge in [-0.25, -0.2) is 0 Å². The Balaban J connectivity index is 1.81. The van der Waals surface area contributed by atoms with Crippen molar-refractivity contribution in [3.63, 3.8) is 0 Å². The predicted octanol–water partition coefficient (Wildman–Crippen LogP) is 8.91. The van der Waals surface area contributed by atoms with Crippen molar-refractivity contribution in [2.45, 2.75) is 37.7 Å². The SMILES string of the molecule is CC(OC(=O)CCc1ccccc1)(c1cn(-c2c(Cl)cc(C(F)(F)F)cc2Cl)c2ccccc12)C(F)(F)F. The Kier molecular flexibility index (Phi) is 7.47. The van der Waals surface area contributed by atoms with E-state index < -0.39 is 45.1 Å². The van der Waals surface area contributed by atoms with Crippen LogP contribution in [-0.4, -0.2) is 16.7 Å². The van der Waals surface area contributed by atoms with Gasteiger partial charge in [0.05, 0.1) is 26.8 Å². The minimum absolute atomic E-state index is 0.0511. The number of benzene rings is 3. The van der Waals surface area contributed by atoms with Gasteiger partial charge in [-0.2, -0.15) is 26.3 Å². The average molecular weight is 574 g/mol. The highest BCUT2D eigenvalue weighted by Gasteiger charge is 2.57. The third-order valence-electron chi connectivity index (χ3n) is 6.13. The van der Waals surface area contributed by atoms with E-state index in [1.165, 1.54) is 24.3 Å². The number of hydrogen-bond donors (Lipinski definition) is 0. The zero-order valence-corrected chi connectivity index (χ0v) is 21.1. The molecule has 38 heavy (non-hydrogen) atoms. The molecule has 11 heteroatoms. The number of ether oxygens (including phenoxy) is 1. The van der Waals surface area contributed by atoms with Gasteiger partial charge in [-0.05, 0) is 37.1 Å². The van der Waals surface area contributed by atoms with Gasteiger partial charge in [0.25, 0.3) is 0 Å². The molecule has 0 saturated carbocycles. The molecule has 1 atom stereocenters. The number of carbonyl (C=O) groups is 1. The Morgan fingerprint density at radius 2 is 1.47 bits per heavy atom. The predicted molar refractivity (Wildman–Crippen MR) is 133 cm³/mol. The van der Waals surface area contributed by atoms with Gasteiger partial charge in [0.2, 0.25) is 5.60 Å². The lowest BCUT2D eigenvalue weighted by molar-refractivity contribution is -0.269. The highest BCUT2D eigenvalue weighted by Crippen LogP contribution is 2.47. The lowest BCUT2D eigenvalue weighted by atomic mass is 9.94. The summed E-state index contributed by atoms with van der Waals surface area (Å²) in [5.41, 5.74) is -3.86. The van der Waals surface area contributed by atoms with E-state index in [0.29, 0.717) is 12.1 Å². The maximum Gasteiger partial charge on any atom is 0.432 e. The third kappa shape index (κ3) is 5.35. The fourth-order valence-electron chi connectivity index (χ4n) is 4.14. The van der Waals surface area contributed by atoms with Crippen molar-refractivity contribution in [2.24, 2.45) is 0 Å². The van der Waals surface area contributed by atoms with Crippen LogP contribution in [0.3, 0.4) is 0 Å². The molecule has 3 aromatic carbocycles. The number of aryl methyl sites for hydroxylation is 1. The van der Waals surface area contributed by atoms with Crippen molar-refractivity contribution < 1.29 is 35.9 Å². The van der Waals surface area contributed by atoms with Crippen LogP contribution in [0.15, 0.2) is 72.9 Å². The van der Waals surface area contributed by atoms with E-state index in [-0.39, 0.29) is 29.4 Å². The second-order valence-corrected chi connectivity index (χ2v) is 9.52. The standard InChI is InChI=1S/C27H19Cl2F6NO2/c1-25(27(33,34)35,38-23(37)12-11-16-7-3-2-4-8-16)19-15-36(22-10-6-5-9-18(19)22)24-20(28)13-17(14-21(24)29)26(30,31)32/h2-10,13-15H,11-12H2,1H3. The van der Waals surface area contributed by atoms with Gasteiger partial charge in [-0.15, -0.1) is 0 Å². The van der Waals surface area contributed by atoms with E-state index >= 15 is 0 Å². The Labute approximate surface area is 223 Å². The van der Waals surface area contributed by atoms with Gasteiger partial charge in [0, 0.05) is 23.6 Å². The van der Waals surface area contributed by atoms with Crippen LogP contribution in [-0.2, 0) is 27.7 Å². The fourth-order valence-corrected chi connectivity index (χ4v) is 4.81. The normalized spacial score (nSPS) is 13.9. The van der Waals surface area contributed by atoms with Crippen molar-refractivity contribution in [2.75, 3.05) is 0 Å². The summed E-state index contributed by atoms with van der Waals surface area (Å²) in [6.07, 6.45) is -8.88. The quantitative estimate of drug-likeness (QED) is 0.170. The van der Waals surface area contributed by atoms with Crippen molar-refractivity contribution in [3.8, 4) is 5.69 Å². The van der Waals surface area contributed by atoms with Crippen LogP contribution < -0.4 is 0 Å². The molecule has 4 rings (SSSR count). The number of esters is 1. The zero-order valence-electron chi connectivity index (χ0n) is 19.6. The fraction of sp³-hybridized carbons (Fsp3) is 0.222. The van der Waals surface area contributed by atoms with Gasteiger partial charge in [0.15, 0.2) is 0 Å². The second-order valence-electron chi connectivity index (χ2n) is 8.71. The minimum atomic E-state index is -5.04. The number of halogens is 8. The molecule has 3 nitrogen and oxygen atoms in total. The summed E-state index contributed by atoms with van der Waals surface area (Å²) in [6, 6.07) is 15.9. The lowest BCUT2D eigenvalue weighted by Crippen LogP contribution is -2.43. The zero-order chi connectivity index (χ0) is 27.9. The summed E-state index contributed by atoms with van der Waals surface area (Å²) in [5.74, 6) is -1.07. The van der Waals surface area contributed by atoms with E-state index in [9.17, 15) is 31.1 Å². The molecule has 0 spiro atoms. The molecule has 1 aromatic heterocycles. The first kappa shape index (κ1) is 27.9. The van der Waals surface area contributed by atoms with Gasteiger partial charge < -0.3 is 9.30 Å². The third-order valence-corrected chi connectivity index (χ3v) is 6.71. The Bertz CT molecular complexity index is 1460. The van der Waals surface area contributed by atoms with E-state index in [1.807, 2.05) is 0 Å². The molecular formula is C27H19Cl2F6NO2. The largest absolute Gasteiger partial charge is 0.445 e. The monoisotopic (exact) mass is 573 g/mol. The Morgan fingerprint density at radius 3 is 2.05 bits per heavy atom. The molecule has 0 amide bonds. The van der Waals surface area contributed by atoms with Crippen LogP contribution in [0.5, 0.6) is 0 Å². The summed E-state index contributed by atoms with van der Waals surface area (Å²) < 4.78 is 89.5. The number of alkyl halides is 6. The summed E-state index contributed by atoms with van der Waals surface area (Å²) >= 11 is 12.3. The van der Waals surface area contributed by atoms with E-state index in [4.69, 9.17) is 27.9 Å². The van der Waals surface area contributed by atoms with Crippen LogP contribution in [0.2, 0.25) is 10.0 Å². The van der Waals surface area contributed by atoms with Crippen LogP contribution in [0.4, 0.5) is 26.3 Å². The Morgan fingerprint density at radius 1 is 0.895 bits per heavy atom. The van der Waals surface area contributed by atoms with E-state index in [2.05, 4.69) is 0 Å². The van der Waals surface area contributed by atoms with Crippen LogP contribution >= 0.6 is 23.2 Å². The summed E-state index contributed by atoms with van der Waals surface area (Å²) in [6.45, 7) is 0.732. The molecule has 4 aromatic rings. The number of carbonyl (C=O) groups excluding carboxylic acids is 1. The summed E-state index contributed by atoms with van der Waals surface area (Å²) in [5, 5.41) is -0.799. The Hall–Kier alpha value is -3.17. The van der Waals surface area contributed by atoms with Crippen LogP contribution in [0, 0.1) is 0 Å². The van der Waals surface area contributed by atoms with E-state index in [0.717, 1.165) is 23.3 Å². The molecule has 0 radical (unpaired) electrons. The second kappa shape index (κ2) is 10.2. The average Bonchev–Trinajstić information content (AvgIpc) is 3.21. The van der Waals surface area contributed by atoms with Gasteiger partial charge in [0.1, 0.15) is 0 Å². The maximum atomic E-state index is 14.5. The molecule has 0 bridgehead atoms. The van der Waals surface area contributed by atoms with Crippen molar-refractivity contribution in [1.82, 2.24) is 4.57 Å². The number of hydrogen-bond acceptors (Lipinski definition) is 2. The number of nitrogens with zero attached hydrogens (tertiary/aromatic N) is 1. The van der Waals surface area contributed by atoms with Crippen LogP contribution in [0.25, 0.3) is 16.6 Å². The topological polar surface area (TPSA) is 31.2 Å². The molecule has 0 fully saturated rings. The maximum absolute atomic E-state index is 14.5. The molecule has 1 unspecified atom stereocenters. The molecule has 0 aliphatic carbocycles. The van der Waals surface area contributed by atoms with Crippen molar-refractivity contribution >= 4 is 40.1 Å². The van der Waals surface area contributed by atoms with Crippen LogP contribution in [0.1, 0.15) is 30.0 Å². The molecule has 1 heterocycles. The lowest BCUT2D eigenvalue weighted by Gasteiger charge is -2.31. The van der Waals surface area contributed by atoms with Gasteiger partial charge >= 0.3 is 18.3 Å². The van der Waals surface area contributed by atoms with Crippen molar-refractivity contribution in [1.29, 1.82) is 0 Å². The first-order valence-electron chi connectivity index (χ1n) is 11.2. The van der Waals surface area contributed by atoms with E-state index in [1.54, 1.807) is 30.3 Å². The molecule has 0 aliphatic heterocycles. The first-order valence-corrected chi connectivity index (χ1v) is 12.0. The molecule has 0 N–H and O–H groups in total. The molecule has 200 valence electrons. The summed E-state index contributed by atoms with van der Waals surface area (Å²) in [7, 11) is 0. The van der Waals surface area contributed by atoms with Gasteiger partial charge in [-0.1, -0.05) is 71.7 Å². The smallest absolute Gasteiger partial charge is 0.432 e. The first-order chi connectivity index (χ1) is 17.7. The number of para-hydroxylation sites is 1. The number of aromatic nitrogens is 1. The highest BCUT2D eigenvalue weighted by atomic mass is 35.5. The molecular weight excluding hydrogens is 555 g/mol. The summed E-state index contributed by atoms with van der Waals surface area (Å²) in [4.78, 5) is 12.6. The number of fused-ring (bicyclic) bond motifs is 1.